The van der Waals surface area contributed by atoms with Crippen molar-refractivity contribution in [1.29, 1.82) is 0 Å². The number of H-pyrrole nitrogens is 1. The van der Waals surface area contributed by atoms with Crippen LogP contribution in [0, 0.1) is 0 Å². The molecule has 6 heteroatoms. The SMILES string of the molecule is O=C1NC(=O)C(=Cc2cccc3[nH]c(Cc4ccc5ccccc5n4)cc23)S1. The summed E-state index contributed by atoms with van der Waals surface area (Å²) in [6.45, 7) is 0. The van der Waals surface area contributed by atoms with Gasteiger partial charge in [0.25, 0.3) is 11.1 Å². The van der Waals surface area contributed by atoms with Crippen molar-refractivity contribution in [3.63, 3.8) is 0 Å². The average Bonchev–Trinajstić information content (AvgIpc) is 3.24. The number of para-hydroxylation sites is 1. The molecule has 1 fully saturated rings. The zero-order chi connectivity index (χ0) is 19.1. The minimum atomic E-state index is -0.344. The standard InChI is InChI=1S/C22H15N3O2S/c26-21-20(28-22(27)25-21)10-14-5-3-7-19-17(14)12-16(24-19)11-15-9-8-13-4-1-2-6-18(13)23-15/h1-10,12,24H,11H2,(H,25,26,27). The number of fused-ring (bicyclic) bond motifs is 2. The van der Waals surface area contributed by atoms with Gasteiger partial charge in [0.2, 0.25) is 0 Å². The number of nitrogens with one attached hydrogen (secondary N) is 2. The largest absolute Gasteiger partial charge is 0.358 e. The maximum Gasteiger partial charge on any atom is 0.290 e. The van der Waals surface area contributed by atoms with Gasteiger partial charge in [0.1, 0.15) is 0 Å². The molecule has 28 heavy (non-hydrogen) atoms. The Hall–Kier alpha value is -3.38. The fourth-order valence-corrected chi connectivity index (χ4v) is 4.09. The van der Waals surface area contributed by atoms with Crippen LogP contribution in [0.3, 0.4) is 0 Å². The van der Waals surface area contributed by atoms with Gasteiger partial charge in [-0.25, -0.2) is 0 Å². The van der Waals surface area contributed by atoms with E-state index in [0.717, 1.165) is 50.5 Å². The molecule has 0 radical (unpaired) electrons. The lowest BCUT2D eigenvalue weighted by atomic mass is 10.1. The summed E-state index contributed by atoms with van der Waals surface area (Å²) in [5.74, 6) is -0.344. The highest BCUT2D eigenvalue weighted by Gasteiger charge is 2.25. The van der Waals surface area contributed by atoms with Crippen LogP contribution < -0.4 is 5.32 Å². The van der Waals surface area contributed by atoms with Gasteiger partial charge in [-0.3, -0.25) is 19.9 Å². The first-order valence-electron chi connectivity index (χ1n) is 8.86. The third kappa shape index (κ3) is 3.08. The summed E-state index contributed by atoms with van der Waals surface area (Å²) in [4.78, 5) is 31.8. The van der Waals surface area contributed by atoms with E-state index in [1.165, 1.54) is 0 Å². The van der Waals surface area contributed by atoms with Crippen molar-refractivity contribution < 1.29 is 9.59 Å². The van der Waals surface area contributed by atoms with Crippen LogP contribution in [0.25, 0.3) is 27.9 Å². The molecule has 2 aromatic heterocycles. The molecule has 0 bridgehead atoms. The molecule has 4 aromatic rings. The van der Waals surface area contributed by atoms with E-state index in [2.05, 4.69) is 28.5 Å². The molecule has 0 aliphatic carbocycles. The molecule has 1 aliphatic heterocycles. The third-order valence-corrected chi connectivity index (χ3v) is 5.52. The first kappa shape index (κ1) is 16.8. The summed E-state index contributed by atoms with van der Waals surface area (Å²) in [5, 5.41) is 4.09. The van der Waals surface area contributed by atoms with Gasteiger partial charge in [-0.15, -0.1) is 0 Å². The second kappa shape index (κ2) is 6.65. The Balaban J connectivity index is 1.50. The minimum absolute atomic E-state index is 0.333. The lowest BCUT2D eigenvalue weighted by Crippen LogP contribution is -2.17. The Labute approximate surface area is 164 Å². The molecule has 3 heterocycles. The number of aromatic amines is 1. The van der Waals surface area contributed by atoms with Gasteiger partial charge in [0, 0.05) is 34.1 Å². The Morgan fingerprint density at radius 1 is 1.00 bits per heavy atom. The van der Waals surface area contributed by atoms with Crippen LogP contribution >= 0.6 is 11.8 Å². The monoisotopic (exact) mass is 385 g/mol. The smallest absolute Gasteiger partial charge is 0.290 e. The van der Waals surface area contributed by atoms with E-state index >= 15 is 0 Å². The number of aromatic nitrogens is 2. The number of thioether (sulfide) groups is 1. The Morgan fingerprint density at radius 2 is 1.89 bits per heavy atom. The van der Waals surface area contributed by atoms with Crippen molar-refractivity contribution in [2.75, 3.05) is 0 Å². The molecule has 2 amide bonds. The zero-order valence-electron chi connectivity index (χ0n) is 14.7. The molecule has 0 saturated carbocycles. The zero-order valence-corrected chi connectivity index (χ0v) is 15.5. The van der Waals surface area contributed by atoms with Crippen LogP contribution in [0.5, 0.6) is 0 Å². The number of carbonyl (C=O) groups is 2. The number of imide groups is 1. The van der Waals surface area contributed by atoms with Crippen LogP contribution in [0.1, 0.15) is 17.0 Å². The topological polar surface area (TPSA) is 74.8 Å². The summed E-state index contributed by atoms with van der Waals surface area (Å²) in [6.07, 6.45) is 2.45. The van der Waals surface area contributed by atoms with E-state index in [1.54, 1.807) is 6.08 Å². The number of hydrogen-bond acceptors (Lipinski definition) is 4. The Morgan fingerprint density at radius 3 is 2.75 bits per heavy atom. The normalized spacial score (nSPS) is 15.6. The Kier molecular flexibility index (Phi) is 3.98. The summed E-state index contributed by atoms with van der Waals surface area (Å²) < 4.78 is 0. The van der Waals surface area contributed by atoms with Crippen molar-refractivity contribution in [3.8, 4) is 0 Å². The summed E-state index contributed by atoms with van der Waals surface area (Å²) in [6, 6.07) is 20.2. The molecule has 2 N–H and O–H groups in total. The van der Waals surface area contributed by atoms with Crippen LogP contribution in [-0.4, -0.2) is 21.1 Å². The number of nitrogens with zero attached hydrogens (tertiary/aromatic N) is 1. The van der Waals surface area contributed by atoms with Crippen LogP contribution in [-0.2, 0) is 11.2 Å². The number of benzene rings is 2. The number of carbonyl (C=O) groups excluding carboxylic acids is 2. The van der Waals surface area contributed by atoms with Crippen LogP contribution in [0.4, 0.5) is 4.79 Å². The summed E-state index contributed by atoms with van der Waals surface area (Å²) >= 11 is 0.929. The third-order valence-electron chi connectivity index (χ3n) is 4.71. The van der Waals surface area contributed by atoms with Gasteiger partial charge in [0.05, 0.1) is 10.4 Å². The van der Waals surface area contributed by atoms with Crippen LogP contribution in [0.15, 0.2) is 65.6 Å². The van der Waals surface area contributed by atoms with Gasteiger partial charge in [-0.05, 0) is 47.7 Å². The second-order valence-electron chi connectivity index (χ2n) is 6.63. The lowest BCUT2D eigenvalue weighted by molar-refractivity contribution is -0.115. The van der Waals surface area contributed by atoms with Gasteiger partial charge < -0.3 is 4.98 Å². The molecule has 1 aliphatic rings. The van der Waals surface area contributed by atoms with E-state index in [9.17, 15) is 9.59 Å². The quantitative estimate of drug-likeness (QED) is 0.504. The maximum atomic E-state index is 11.8. The van der Waals surface area contributed by atoms with Gasteiger partial charge in [0.15, 0.2) is 0 Å². The molecule has 0 spiro atoms. The molecule has 0 atom stereocenters. The highest BCUT2D eigenvalue weighted by Crippen LogP contribution is 2.29. The van der Waals surface area contributed by atoms with Crippen molar-refractivity contribution in [3.05, 3.63) is 82.5 Å². The van der Waals surface area contributed by atoms with Crippen LogP contribution in [0.2, 0.25) is 0 Å². The number of pyridine rings is 1. The fraction of sp³-hybridized carbons (Fsp3) is 0.0455. The minimum Gasteiger partial charge on any atom is -0.358 e. The van der Waals surface area contributed by atoms with Crippen molar-refractivity contribution in [2.45, 2.75) is 6.42 Å². The first-order chi connectivity index (χ1) is 13.7. The highest BCUT2D eigenvalue weighted by atomic mass is 32.2. The molecule has 136 valence electrons. The van der Waals surface area contributed by atoms with Gasteiger partial charge >= 0.3 is 0 Å². The van der Waals surface area contributed by atoms with Gasteiger partial charge in [-0.2, -0.15) is 0 Å². The molecular weight excluding hydrogens is 370 g/mol. The molecular formula is C22H15N3O2S. The maximum absolute atomic E-state index is 11.8. The molecule has 0 unspecified atom stereocenters. The highest BCUT2D eigenvalue weighted by molar-refractivity contribution is 8.18. The van der Waals surface area contributed by atoms with E-state index in [1.807, 2.05) is 42.5 Å². The van der Waals surface area contributed by atoms with Crippen molar-refractivity contribution >= 4 is 50.8 Å². The Bertz CT molecular complexity index is 1290. The van der Waals surface area contributed by atoms with E-state index in [0.29, 0.717) is 11.3 Å². The molecule has 5 nitrogen and oxygen atoms in total. The number of hydrogen-bond donors (Lipinski definition) is 2. The summed E-state index contributed by atoms with van der Waals surface area (Å²) in [7, 11) is 0. The van der Waals surface area contributed by atoms with Gasteiger partial charge in [-0.1, -0.05) is 36.4 Å². The van der Waals surface area contributed by atoms with Crippen molar-refractivity contribution in [2.24, 2.45) is 0 Å². The second-order valence-corrected chi connectivity index (χ2v) is 7.64. The first-order valence-corrected chi connectivity index (χ1v) is 9.67. The van der Waals surface area contributed by atoms with E-state index in [4.69, 9.17) is 4.98 Å². The molecule has 5 rings (SSSR count). The number of rotatable bonds is 3. The average molecular weight is 385 g/mol. The van der Waals surface area contributed by atoms with Crippen molar-refractivity contribution in [1.82, 2.24) is 15.3 Å². The predicted octanol–water partition coefficient (Wildman–Crippen LogP) is 4.63. The fourth-order valence-electron chi connectivity index (χ4n) is 3.42. The number of amides is 2. The predicted molar refractivity (Wildman–Crippen MR) is 112 cm³/mol. The lowest BCUT2D eigenvalue weighted by Gasteiger charge is -2.01. The van der Waals surface area contributed by atoms with E-state index < -0.39 is 0 Å². The molecule has 1 saturated heterocycles. The summed E-state index contributed by atoms with van der Waals surface area (Å²) in [5.41, 5.74) is 4.90. The van der Waals surface area contributed by atoms with E-state index in [-0.39, 0.29) is 11.1 Å². The molecule has 2 aromatic carbocycles.